The minimum Gasteiger partial charge on any atom is -0.478 e. The number of carboxylic acid groups (broad SMARTS) is 1. The van der Waals surface area contributed by atoms with Gasteiger partial charge < -0.3 is 10.4 Å². The van der Waals surface area contributed by atoms with E-state index in [-0.39, 0.29) is 0 Å². The number of carboxylic acids is 1. The topological polar surface area (TPSA) is 49.3 Å². The van der Waals surface area contributed by atoms with Gasteiger partial charge in [-0.25, -0.2) is 4.79 Å². The molecule has 110 valence electrons. The third kappa shape index (κ3) is 4.17. The van der Waals surface area contributed by atoms with Gasteiger partial charge in [-0.15, -0.1) is 0 Å². The molecule has 0 radical (unpaired) electrons. The van der Waals surface area contributed by atoms with E-state index in [0.29, 0.717) is 12.0 Å². The number of carbonyl (C=O) groups is 1. The molecule has 21 heavy (non-hydrogen) atoms. The van der Waals surface area contributed by atoms with Crippen molar-refractivity contribution in [1.29, 1.82) is 0 Å². The van der Waals surface area contributed by atoms with E-state index in [4.69, 9.17) is 5.11 Å². The highest BCUT2D eigenvalue weighted by Gasteiger charge is 2.08. The lowest BCUT2D eigenvalue weighted by Crippen LogP contribution is -2.18. The Morgan fingerprint density at radius 2 is 1.86 bits per heavy atom. The van der Waals surface area contributed by atoms with Gasteiger partial charge in [0.05, 0.1) is 5.56 Å². The molecular formula is C18H21NO2. The summed E-state index contributed by atoms with van der Waals surface area (Å²) in [6.45, 7) is 5.77. The standard InChI is InChI=1S/C18H21NO2/c1-13-7-8-14(2)16(11-13)12-19-10-9-15-5-3-4-6-17(15)18(20)21/h3-8,11,19H,9-10,12H2,1-2H3,(H,20,21). The summed E-state index contributed by atoms with van der Waals surface area (Å²) in [5.41, 5.74) is 5.10. The second-order valence-corrected chi connectivity index (χ2v) is 5.32. The van der Waals surface area contributed by atoms with Gasteiger partial charge >= 0.3 is 5.97 Å². The van der Waals surface area contributed by atoms with E-state index >= 15 is 0 Å². The maximum Gasteiger partial charge on any atom is 0.335 e. The quantitative estimate of drug-likeness (QED) is 0.799. The van der Waals surface area contributed by atoms with E-state index in [1.807, 2.05) is 12.1 Å². The van der Waals surface area contributed by atoms with E-state index in [0.717, 1.165) is 18.7 Å². The Morgan fingerprint density at radius 3 is 2.62 bits per heavy atom. The Labute approximate surface area is 125 Å². The van der Waals surface area contributed by atoms with Crippen molar-refractivity contribution in [3.8, 4) is 0 Å². The number of aryl methyl sites for hydroxylation is 2. The number of hydrogen-bond donors (Lipinski definition) is 2. The Hall–Kier alpha value is -2.13. The first-order valence-electron chi connectivity index (χ1n) is 7.16. The Balaban J connectivity index is 1.91. The van der Waals surface area contributed by atoms with Crippen LogP contribution < -0.4 is 5.32 Å². The minimum atomic E-state index is -0.861. The Bertz CT molecular complexity index is 635. The summed E-state index contributed by atoms with van der Waals surface area (Å²) in [4.78, 5) is 11.1. The van der Waals surface area contributed by atoms with Crippen molar-refractivity contribution < 1.29 is 9.90 Å². The van der Waals surface area contributed by atoms with Crippen LogP contribution in [0.1, 0.15) is 32.6 Å². The van der Waals surface area contributed by atoms with Crippen molar-refractivity contribution in [3.05, 3.63) is 70.3 Å². The number of nitrogens with one attached hydrogen (secondary N) is 1. The molecule has 0 fully saturated rings. The highest BCUT2D eigenvalue weighted by atomic mass is 16.4. The van der Waals surface area contributed by atoms with E-state index < -0.39 is 5.97 Å². The van der Waals surface area contributed by atoms with Crippen molar-refractivity contribution in [2.24, 2.45) is 0 Å². The van der Waals surface area contributed by atoms with Gasteiger partial charge in [-0.05, 0) is 49.6 Å². The van der Waals surface area contributed by atoms with Crippen LogP contribution in [0.4, 0.5) is 0 Å². The summed E-state index contributed by atoms with van der Waals surface area (Å²) in [6.07, 6.45) is 0.716. The van der Waals surface area contributed by atoms with Crippen molar-refractivity contribution in [1.82, 2.24) is 5.32 Å². The minimum absolute atomic E-state index is 0.394. The van der Waals surface area contributed by atoms with Crippen LogP contribution in [0.25, 0.3) is 0 Å². The molecule has 0 unspecified atom stereocenters. The zero-order valence-corrected chi connectivity index (χ0v) is 12.5. The van der Waals surface area contributed by atoms with Crippen LogP contribution in [-0.2, 0) is 13.0 Å². The van der Waals surface area contributed by atoms with E-state index in [9.17, 15) is 4.79 Å². The van der Waals surface area contributed by atoms with Gasteiger partial charge in [-0.2, -0.15) is 0 Å². The molecule has 2 rings (SSSR count). The second-order valence-electron chi connectivity index (χ2n) is 5.32. The molecule has 0 spiro atoms. The molecule has 0 saturated carbocycles. The average molecular weight is 283 g/mol. The first-order valence-corrected chi connectivity index (χ1v) is 7.16. The maximum absolute atomic E-state index is 11.1. The molecule has 0 bridgehead atoms. The molecular weight excluding hydrogens is 262 g/mol. The monoisotopic (exact) mass is 283 g/mol. The second kappa shape index (κ2) is 7.04. The van der Waals surface area contributed by atoms with Crippen molar-refractivity contribution in [3.63, 3.8) is 0 Å². The highest BCUT2D eigenvalue weighted by Crippen LogP contribution is 2.11. The number of hydrogen-bond acceptors (Lipinski definition) is 2. The fourth-order valence-electron chi connectivity index (χ4n) is 2.38. The predicted molar refractivity (Wildman–Crippen MR) is 84.7 cm³/mol. The molecule has 2 aromatic rings. The summed E-state index contributed by atoms with van der Waals surface area (Å²) in [7, 11) is 0. The first-order chi connectivity index (χ1) is 10.1. The van der Waals surface area contributed by atoms with Crippen LogP contribution in [0.5, 0.6) is 0 Å². The predicted octanol–water partition coefficient (Wildman–Crippen LogP) is 3.33. The van der Waals surface area contributed by atoms with Crippen molar-refractivity contribution >= 4 is 5.97 Å². The third-order valence-corrected chi connectivity index (χ3v) is 3.64. The fourth-order valence-corrected chi connectivity index (χ4v) is 2.38. The summed E-state index contributed by atoms with van der Waals surface area (Å²) < 4.78 is 0. The molecule has 0 aliphatic rings. The zero-order chi connectivity index (χ0) is 15.2. The fraction of sp³-hybridized carbons (Fsp3) is 0.278. The van der Waals surface area contributed by atoms with Crippen LogP contribution in [0.15, 0.2) is 42.5 Å². The molecule has 3 heteroatoms. The molecule has 0 amide bonds. The normalized spacial score (nSPS) is 10.6. The van der Waals surface area contributed by atoms with E-state index in [2.05, 4.69) is 37.4 Å². The largest absolute Gasteiger partial charge is 0.478 e. The molecule has 3 nitrogen and oxygen atoms in total. The van der Waals surface area contributed by atoms with Gasteiger partial charge in [0.1, 0.15) is 0 Å². The van der Waals surface area contributed by atoms with Gasteiger partial charge in [0, 0.05) is 6.54 Å². The number of rotatable bonds is 6. The number of benzene rings is 2. The van der Waals surface area contributed by atoms with Crippen LogP contribution in [0, 0.1) is 13.8 Å². The maximum atomic E-state index is 11.1. The number of aromatic carboxylic acids is 1. The van der Waals surface area contributed by atoms with Crippen molar-refractivity contribution in [2.45, 2.75) is 26.8 Å². The summed E-state index contributed by atoms with van der Waals surface area (Å²) in [5.74, 6) is -0.861. The molecule has 0 atom stereocenters. The van der Waals surface area contributed by atoms with Crippen molar-refractivity contribution in [2.75, 3.05) is 6.54 Å². The van der Waals surface area contributed by atoms with Gasteiger partial charge in [0.2, 0.25) is 0 Å². The van der Waals surface area contributed by atoms with Crippen LogP contribution in [0.2, 0.25) is 0 Å². The summed E-state index contributed by atoms with van der Waals surface area (Å²) >= 11 is 0. The van der Waals surface area contributed by atoms with E-state index in [1.165, 1.54) is 16.7 Å². The molecule has 0 heterocycles. The molecule has 0 aliphatic heterocycles. The summed E-state index contributed by atoms with van der Waals surface area (Å²) in [5, 5.41) is 12.5. The molecule has 0 saturated heterocycles. The van der Waals surface area contributed by atoms with Gasteiger partial charge in [-0.1, -0.05) is 42.0 Å². The lowest BCUT2D eigenvalue weighted by Gasteiger charge is -2.10. The molecule has 0 aliphatic carbocycles. The lowest BCUT2D eigenvalue weighted by molar-refractivity contribution is 0.0695. The SMILES string of the molecule is Cc1ccc(C)c(CNCCc2ccccc2C(=O)O)c1. The molecule has 0 aromatic heterocycles. The van der Waals surface area contributed by atoms with Crippen LogP contribution in [-0.4, -0.2) is 17.6 Å². The smallest absolute Gasteiger partial charge is 0.335 e. The third-order valence-electron chi connectivity index (χ3n) is 3.64. The van der Waals surface area contributed by atoms with Gasteiger partial charge in [0.15, 0.2) is 0 Å². The average Bonchev–Trinajstić information content (AvgIpc) is 2.47. The van der Waals surface area contributed by atoms with E-state index in [1.54, 1.807) is 12.1 Å². The molecule has 2 aromatic carbocycles. The lowest BCUT2D eigenvalue weighted by atomic mass is 10.0. The molecule has 2 N–H and O–H groups in total. The zero-order valence-electron chi connectivity index (χ0n) is 12.5. The highest BCUT2D eigenvalue weighted by molar-refractivity contribution is 5.89. The van der Waals surface area contributed by atoms with Gasteiger partial charge in [0.25, 0.3) is 0 Å². The first kappa shape index (κ1) is 15.3. The summed E-state index contributed by atoms with van der Waals surface area (Å²) in [6, 6.07) is 13.6. The van der Waals surface area contributed by atoms with Gasteiger partial charge in [-0.3, -0.25) is 0 Å². The Kier molecular flexibility index (Phi) is 5.12. The van der Waals surface area contributed by atoms with Crippen LogP contribution >= 0.6 is 0 Å². The Morgan fingerprint density at radius 1 is 1.10 bits per heavy atom. The van der Waals surface area contributed by atoms with Crippen LogP contribution in [0.3, 0.4) is 0 Å².